The highest BCUT2D eigenvalue weighted by molar-refractivity contribution is 5.44. The maximum Gasteiger partial charge on any atom is 0.263 e. The molecule has 0 aliphatic carbocycles. The number of nitrogens with zero attached hydrogens (tertiary/aromatic N) is 2. The van der Waals surface area contributed by atoms with E-state index in [1.807, 2.05) is 19.1 Å². The number of aromatic nitrogens is 1. The van der Waals surface area contributed by atoms with Crippen molar-refractivity contribution in [2.75, 3.05) is 20.3 Å². The molecule has 5 heteroatoms. The van der Waals surface area contributed by atoms with Crippen LogP contribution >= 0.6 is 0 Å². The smallest absolute Gasteiger partial charge is 0.263 e. The summed E-state index contributed by atoms with van der Waals surface area (Å²) in [5.74, 6) is 2.06. The normalized spacial score (nSPS) is 19.4. The van der Waals surface area contributed by atoms with Gasteiger partial charge in [-0.3, -0.25) is 4.90 Å². The summed E-state index contributed by atoms with van der Waals surface area (Å²) in [7, 11) is 2.10. The molecule has 102 valence electrons. The molecule has 1 atom stereocenters. The van der Waals surface area contributed by atoms with E-state index in [-0.39, 0.29) is 0 Å². The quantitative estimate of drug-likeness (QED) is 0.847. The van der Waals surface area contributed by atoms with Gasteiger partial charge in [0.1, 0.15) is 5.76 Å². The van der Waals surface area contributed by atoms with Gasteiger partial charge in [-0.25, -0.2) is 4.98 Å². The Morgan fingerprint density at radius 2 is 2.37 bits per heavy atom. The van der Waals surface area contributed by atoms with Gasteiger partial charge in [0.25, 0.3) is 5.89 Å². The van der Waals surface area contributed by atoms with E-state index < -0.39 is 0 Å². The van der Waals surface area contributed by atoms with Crippen molar-refractivity contribution >= 4 is 0 Å². The van der Waals surface area contributed by atoms with Crippen molar-refractivity contribution in [3.05, 3.63) is 29.9 Å². The Bertz CT molecular complexity index is 527. The lowest BCUT2D eigenvalue weighted by molar-refractivity contribution is 0.155. The van der Waals surface area contributed by atoms with Crippen LogP contribution in [0.4, 0.5) is 0 Å². The molecule has 1 aliphatic rings. The van der Waals surface area contributed by atoms with Gasteiger partial charge in [0, 0.05) is 19.2 Å². The van der Waals surface area contributed by atoms with Gasteiger partial charge >= 0.3 is 0 Å². The molecule has 5 nitrogen and oxygen atoms in total. The van der Waals surface area contributed by atoms with Crippen molar-refractivity contribution in [2.24, 2.45) is 0 Å². The van der Waals surface area contributed by atoms with Crippen molar-refractivity contribution < 1.29 is 13.6 Å². The minimum Gasteiger partial charge on any atom is -0.459 e. The molecule has 2 aromatic heterocycles. The van der Waals surface area contributed by atoms with E-state index in [1.165, 1.54) is 0 Å². The van der Waals surface area contributed by atoms with Gasteiger partial charge in [0.05, 0.1) is 18.6 Å². The third-order valence-corrected chi connectivity index (χ3v) is 3.55. The first-order chi connectivity index (χ1) is 9.24. The Morgan fingerprint density at radius 3 is 3.05 bits per heavy atom. The monoisotopic (exact) mass is 262 g/mol. The molecule has 3 heterocycles. The lowest BCUT2D eigenvalue weighted by atomic mass is 10.2. The first kappa shape index (κ1) is 12.4. The Kier molecular flexibility index (Phi) is 3.40. The molecule has 0 amide bonds. The fraction of sp³-hybridized carbons (Fsp3) is 0.500. The molecule has 0 N–H and O–H groups in total. The first-order valence-electron chi connectivity index (χ1n) is 6.52. The summed E-state index contributed by atoms with van der Waals surface area (Å²) in [4.78, 5) is 6.79. The molecule has 19 heavy (non-hydrogen) atoms. The Morgan fingerprint density at radius 1 is 1.47 bits per heavy atom. The van der Waals surface area contributed by atoms with E-state index in [0.717, 1.165) is 37.6 Å². The molecule has 0 unspecified atom stereocenters. The SMILES string of the molecule is Cc1oc(-c2ccco2)nc1CN(C)[C@H]1CCOC1. The predicted octanol–water partition coefficient (Wildman–Crippen LogP) is 2.46. The lowest BCUT2D eigenvalue weighted by Crippen LogP contribution is -2.31. The first-order valence-corrected chi connectivity index (χ1v) is 6.52. The van der Waals surface area contributed by atoms with Crippen LogP contribution in [0.15, 0.2) is 27.2 Å². The maximum absolute atomic E-state index is 5.66. The van der Waals surface area contributed by atoms with Crippen molar-refractivity contribution in [1.29, 1.82) is 0 Å². The van der Waals surface area contributed by atoms with Crippen molar-refractivity contribution in [2.45, 2.75) is 25.9 Å². The number of furan rings is 1. The van der Waals surface area contributed by atoms with E-state index in [0.29, 0.717) is 17.7 Å². The molecule has 1 fully saturated rings. The second kappa shape index (κ2) is 5.19. The zero-order valence-electron chi connectivity index (χ0n) is 11.3. The van der Waals surface area contributed by atoms with Crippen LogP contribution in [0.2, 0.25) is 0 Å². The van der Waals surface area contributed by atoms with Gasteiger partial charge in [0.2, 0.25) is 0 Å². The zero-order valence-corrected chi connectivity index (χ0v) is 11.3. The van der Waals surface area contributed by atoms with E-state index >= 15 is 0 Å². The highest BCUT2D eigenvalue weighted by atomic mass is 16.5. The number of likely N-dealkylation sites (N-methyl/N-ethyl adjacent to an activating group) is 1. The molecule has 1 aliphatic heterocycles. The molecule has 2 aromatic rings. The van der Waals surface area contributed by atoms with Crippen LogP contribution in [0.25, 0.3) is 11.7 Å². The largest absolute Gasteiger partial charge is 0.459 e. The summed E-state index contributed by atoms with van der Waals surface area (Å²) < 4.78 is 16.4. The third kappa shape index (κ3) is 2.57. The number of rotatable bonds is 4. The predicted molar refractivity (Wildman–Crippen MR) is 69.6 cm³/mol. The minimum atomic E-state index is 0.475. The zero-order chi connectivity index (χ0) is 13.2. The summed E-state index contributed by atoms with van der Waals surface area (Å²) in [6, 6.07) is 4.16. The summed E-state index contributed by atoms with van der Waals surface area (Å²) in [5.41, 5.74) is 0.959. The van der Waals surface area contributed by atoms with Crippen LogP contribution in [-0.4, -0.2) is 36.2 Å². The third-order valence-electron chi connectivity index (χ3n) is 3.55. The molecule has 0 aromatic carbocycles. The molecule has 0 bridgehead atoms. The average Bonchev–Trinajstić information content (AvgIpc) is 3.09. The number of hydrogen-bond donors (Lipinski definition) is 0. The van der Waals surface area contributed by atoms with Gasteiger partial charge in [-0.15, -0.1) is 0 Å². The van der Waals surface area contributed by atoms with Gasteiger partial charge in [0.15, 0.2) is 5.76 Å². The van der Waals surface area contributed by atoms with Crippen molar-refractivity contribution in [3.8, 4) is 11.7 Å². The molecule has 0 radical (unpaired) electrons. The highest BCUT2D eigenvalue weighted by Crippen LogP contribution is 2.23. The van der Waals surface area contributed by atoms with Crippen molar-refractivity contribution in [1.82, 2.24) is 9.88 Å². The summed E-state index contributed by atoms with van der Waals surface area (Å²) in [6.07, 6.45) is 2.70. The average molecular weight is 262 g/mol. The topological polar surface area (TPSA) is 51.6 Å². The fourth-order valence-electron chi connectivity index (χ4n) is 2.32. The van der Waals surface area contributed by atoms with Gasteiger partial charge < -0.3 is 13.6 Å². The summed E-state index contributed by atoms with van der Waals surface area (Å²) in [5, 5.41) is 0. The number of aryl methyl sites for hydroxylation is 1. The van der Waals surface area contributed by atoms with Crippen LogP contribution in [0.3, 0.4) is 0 Å². The Labute approximate surface area is 112 Å². The molecular weight excluding hydrogens is 244 g/mol. The molecule has 0 saturated carbocycles. The second-order valence-corrected chi connectivity index (χ2v) is 4.93. The Hall–Kier alpha value is -1.59. The minimum absolute atomic E-state index is 0.475. The maximum atomic E-state index is 5.66. The standard InChI is InChI=1S/C14H18N2O3/c1-10-12(8-16(2)11-5-7-17-9-11)15-14(19-10)13-4-3-6-18-13/h3-4,6,11H,5,7-9H2,1-2H3/t11-/m0/s1. The van der Waals surface area contributed by atoms with Crippen LogP contribution in [0.5, 0.6) is 0 Å². The summed E-state index contributed by atoms with van der Waals surface area (Å²) >= 11 is 0. The molecule has 1 saturated heterocycles. The highest BCUT2D eigenvalue weighted by Gasteiger charge is 2.22. The molecule has 3 rings (SSSR count). The van der Waals surface area contributed by atoms with E-state index in [4.69, 9.17) is 13.6 Å². The number of oxazole rings is 1. The van der Waals surface area contributed by atoms with E-state index in [2.05, 4.69) is 16.9 Å². The summed E-state index contributed by atoms with van der Waals surface area (Å²) in [6.45, 7) is 4.36. The van der Waals surface area contributed by atoms with Gasteiger partial charge in [-0.2, -0.15) is 0 Å². The van der Waals surface area contributed by atoms with Gasteiger partial charge in [-0.1, -0.05) is 0 Å². The molecule has 0 spiro atoms. The molecular formula is C14H18N2O3. The number of ether oxygens (including phenoxy) is 1. The van der Waals surface area contributed by atoms with Crippen LogP contribution in [-0.2, 0) is 11.3 Å². The van der Waals surface area contributed by atoms with Crippen LogP contribution in [0, 0.1) is 6.92 Å². The number of hydrogen-bond acceptors (Lipinski definition) is 5. The van der Waals surface area contributed by atoms with E-state index in [9.17, 15) is 0 Å². The van der Waals surface area contributed by atoms with Gasteiger partial charge in [-0.05, 0) is 32.5 Å². The van der Waals surface area contributed by atoms with E-state index in [1.54, 1.807) is 6.26 Å². The Balaban J connectivity index is 1.74. The van der Waals surface area contributed by atoms with Crippen molar-refractivity contribution in [3.63, 3.8) is 0 Å². The lowest BCUT2D eigenvalue weighted by Gasteiger charge is -2.21. The van der Waals surface area contributed by atoms with Crippen LogP contribution in [0.1, 0.15) is 17.9 Å². The second-order valence-electron chi connectivity index (χ2n) is 4.93. The van der Waals surface area contributed by atoms with Crippen LogP contribution < -0.4 is 0 Å². The fourth-order valence-corrected chi connectivity index (χ4v) is 2.32.